The Morgan fingerprint density at radius 3 is 2.48 bits per heavy atom. The van der Waals surface area contributed by atoms with Crippen LogP contribution >= 0.6 is 0 Å². The van der Waals surface area contributed by atoms with Gasteiger partial charge in [0.25, 0.3) is 5.88 Å². The van der Waals surface area contributed by atoms with Crippen LogP contribution in [-0.4, -0.2) is 36.2 Å². The molecule has 0 spiro atoms. The molecule has 2 heterocycles. The zero-order valence-corrected chi connectivity index (χ0v) is 15.5. The zero-order chi connectivity index (χ0) is 17.7. The summed E-state index contributed by atoms with van der Waals surface area (Å²) in [4.78, 5) is 6.49. The van der Waals surface area contributed by atoms with Gasteiger partial charge in [0.1, 0.15) is 13.2 Å². The standard InChI is InChI=1S/C14H23N.C7H7NO2/c1-3-5-9-12-15(4-2)13-14-10-7-6-8-11-14;1-2-6-7(8-3-1)10-5-4-9-6/h6-8,10-11H,3-5,9,12-13H2,1-2H3;1-3H,4-5H2. The molecule has 0 radical (unpaired) electrons. The van der Waals surface area contributed by atoms with Gasteiger partial charge in [-0.2, -0.15) is 0 Å². The molecule has 25 heavy (non-hydrogen) atoms. The summed E-state index contributed by atoms with van der Waals surface area (Å²) in [6, 6.07) is 14.4. The maximum Gasteiger partial charge on any atom is 0.257 e. The highest BCUT2D eigenvalue weighted by Crippen LogP contribution is 2.25. The van der Waals surface area contributed by atoms with Gasteiger partial charge in [-0.25, -0.2) is 4.98 Å². The van der Waals surface area contributed by atoms with Crippen LogP contribution in [0.3, 0.4) is 0 Å². The minimum absolute atomic E-state index is 0.601. The topological polar surface area (TPSA) is 34.6 Å². The van der Waals surface area contributed by atoms with Gasteiger partial charge < -0.3 is 9.47 Å². The molecule has 0 atom stereocenters. The molecule has 0 amide bonds. The van der Waals surface area contributed by atoms with E-state index in [9.17, 15) is 0 Å². The Labute approximate surface area is 151 Å². The fourth-order valence-corrected chi connectivity index (χ4v) is 2.66. The van der Waals surface area contributed by atoms with Crippen molar-refractivity contribution in [2.75, 3.05) is 26.3 Å². The van der Waals surface area contributed by atoms with E-state index in [0.29, 0.717) is 19.1 Å². The van der Waals surface area contributed by atoms with E-state index in [1.165, 1.54) is 31.4 Å². The number of hydrogen-bond donors (Lipinski definition) is 0. The largest absolute Gasteiger partial charge is 0.484 e. The van der Waals surface area contributed by atoms with Gasteiger partial charge in [0.2, 0.25) is 0 Å². The van der Waals surface area contributed by atoms with Crippen LogP contribution in [0.5, 0.6) is 11.6 Å². The minimum atomic E-state index is 0.601. The van der Waals surface area contributed by atoms with Crippen LogP contribution in [0.2, 0.25) is 0 Å². The van der Waals surface area contributed by atoms with E-state index >= 15 is 0 Å². The van der Waals surface area contributed by atoms with E-state index in [2.05, 4.69) is 54.1 Å². The van der Waals surface area contributed by atoms with Gasteiger partial charge in [-0.05, 0) is 37.2 Å². The molecule has 0 fully saturated rings. The lowest BCUT2D eigenvalue weighted by molar-refractivity contribution is 0.164. The van der Waals surface area contributed by atoms with Crippen LogP contribution in [0.4, 0.5) is 0 Å². The molecule has 0 aliphatic carbocycles. The molecule has 3 rings (SSSR count). The third-order valence-electron chi connectivity index (χ3n) is 4.09. The molecule has 0 saturated heterocycles. The predicted molar refractivity (Wildman–Crippen MR) is 102 cm³/mol. The number of ether oxygens (including phenoxy) is 2. The lowest BCUT2D eigenvalue weighted by atomic mass is 10.2. The van der Waals surface area contributed by atoms with Crippen molar-refractivity contribution >= 4 is 0 Å². The third kappa shape index (κ3) is 7.14. The van der Waals surface area contributed by atoms with Crippen LogP contribution < -0.4 is 9.47 Å². The zero-order valence-electron chi connectivity index (χ0n) is 15.5. The van der Waals surface area contributed by atoms with Crippen molar-refractivity contribution in [3.63, 3.8) is 0 Å². The Hall–Kier alpha value is -2.07. The maximum atomic E-state index is 5.24. The van der Waals surface area contributed by atoms with E-state index in [1.54, 1.807) is 6.20 Å². The van der Waals surface area contributed by atoms with Crippen LogP contribution in [0, 0.1) is 0 Å². The summed E-state index contributed by atoms with van der Waals surface area (Å²) in [6.07, 6.45) is 5.68. The van der Waals surface area contributed by atoms with Crippen LogP contribution in [0.25, 0.3) is 0 Å². The molecule has 4 heteroatoms. The lowest BCUT2D eigenvalue weighted by Crippen LogP contribution is -2.23. The Kier molecular flexibility index (Phi) is 8.84. The molecule has 0 N–H and O–H groups in total. The van der Waals surface area contributed by atoms with Crippen molar-refractivity contribution in [1.82, 2.24) is 9.88 Å². The lowest BCUT2D eigenvalue weighted by Gasteiger charge is -2.20. The minimum Gasteiger partial charge on any atom is -0.484 e. The highest BCUT2D eigenvalue weighted by atomic mass is 16.6. The predicted octanol–water partition coefficient (Wildman–Crippen LogP) is 4.55. The molecule has 4 nitrogen and oxygen atoms in total. The highest BCUT2D eigenvalue weighted by Gasteiger charge is 2.09. The van der Waals surface area contributed by atoms with Gasteiger partial charge in [0, 0.05) is 12.7 Å². The van der Waals surface area contributed by atoms with Crippen molar-refractivity contribution in [3.05, 3.63) is 54.2 Å². The Balaban J connectivity index is 0.000000194. The van der Waals surface area contributed by atoms with Gasteiger partial charge in [-0.15, -0.1) is 0 Å². The molecular weight excluding hydrogens is 312 g/mol. The van der Waals surface area contributed by atoms with Gasteiger partial charge in [-0.1, -0.05) is 57.0 Å². The first-order chi connectivity index (χ1) is 12.3. The quantitative estimate of drug-likeness (QED) is 0.691. The number of fused-ring (bicyclic) bond motifs is 1. The molecule has 0 unspecified atom stereocenters. The average molecular weight is 342 g/mol. The SMILES string of the molecule is CCCCCN(CC)Cc1ccccc1.c1cnc2c(c1)OCCO2. The molecule has 136 valence electrons. The maximum absolute atomic E-state index is 5.24. The van der Waals surface area contributed by atoms with Gasteiger partial charge in [0.05, 0.1) is 0 Å². The van der Waals surface area contributed by atoms with E-state index in [4.69, 9.17) is 9.47 Å². The summed E-state index contributed by atoms with van der Waals surface area (Å²) in [5, 5.41) is 0. The summed E-state index contributed by atoms with van der Waals surface area (Å²) < 4.78 is 10.4. The molecule has 1 aliphatic rings. The molecule has 0 bridgehead atoms. The van der Waals surface area contributed by atoms with Gasteiger partial charge in [0.15, 0.2) is 5.75 Å². The molecule has 0 saturated carbocycles. The van der Waals surface area contributed by atoms with Crippen LogP contribution in [-0.2, 0) is 6.54 Å². The fourth-order valence-electron chi connectivity index (χ4n) is 2.66. The normalized spacial score (nSPS) is 12.4. The van der Waals surface area contributed by atoms with E-state index in [0.717, 1.165) is 18.8 Å². The van der Waals surface area contributed by atoms with E-state index < -0.39 is 0 Å². The number of pyridine rings is 1. The van der Waals surface area contributed by atoms with Gasteiger partial charge in [-0.3, -0.25) is 4.90 Å². The van der Waals surface area contributed by atoms with E-state index in [1.807, 2.05) is 12.1 Å². The molecule has 2 aromatic rings. The number of nitrogens with zero attached hydrogens (tertiary/aromatic N) is 2. The second kappa shape index (κ2) is 11.5. The monoisotopic (exact) mass is 342 g/mol. The Bertz CT molecular complexity index is 564. The first kappa shape index (κ1) is 19.3. The Morgan fingerprint density at radius 1 is 0.960 bits per heavy atom. The number of benzene rings is 1. The molecule has 1 aliphatic heterocycles. The summed E-state index contributed by atoms with van der Waals surface area (Å²) in [5.74, 6) is 1.35. The van der Waals surface area contributed by atoms with Crippen molar-refractivity contribution in [3.8, 4) is 11.6 Å². The summed E-state index contributed by atoms with van der Waals surface area (Å²) in [5.41, 5.74) is 1.43. The highest BCUT2D eigenvalue weighted by molar-refractivity contribution is 5.33. The summed E-state index contributed by atoms with van der Waals surface area (Å²) in [6.45, 7) is 9.21. The fraction of sp³-hybridized carbons (Fsp3) is 0.476. The number of aromatic nitrogens is 1. The van der Waals surface area contributed by atoms with Crippen molar-refractivity contribution in [2.45, 2.75) is 39.7 Å². The second-order valence-corrected chi connectivity index (χ2v) is 6.07. The summed E-state index contributed by atoms with van der Waals surface area (Å²) in [7, 11) is 0. The summed E-state index contributed by atoms with van der Waals surface area (Å²) >= 11 is 0. The molecular formula is C21H30N2O2. The number of unbranched alkanes of at least 4 members (excludes halogenated alkanes) is 2. The third-order valence-corrected chi connectivity index (χ3v) is 4.09. The van der Waals surface area contributed by atoms with Gasteiger partial charge >= 0.3 is 0 Å². The first-order valence-corrected chi connectivity index (χ1v) is 9.30. The number of hydrogen-bond acceptors (Lipinski definition) is 4. The van der Waals surface area contributed by atoms with Crippen molar-refractivity contribution in [2.24, 2.45) is 0 Å². The van der Waals surface area contributed by atoms with Crippen LogP contribution in [0.15, 0.2) is 48.7 Å². The smallest absolute Gasteiger partial charge is 0.257 e. The van der Waals surface area contributed by atoms with E-state index in [-0.39, 0.29) is 0 Å². The average Bonchev–Trinajstić information content (AvgIpc) is 2.69. The molecule has 1 aromatic carbocycles. The van der Waals surface area contributed by atoms with Crippen molar-refractivity contribution < 1.29 is 9.47 Å². The van der Waals surface area contributed by atoms with Crippen molar-refractivity contribution in [1.29, 1.82) is 0 Å². The Morgan fingerprint density at radius 2 is 1.76 bits per heavy atom. The first-order valence-electron chi connectivity index (χ1n) is 9.30. The second-order valence-electron chi connectivity index (χ2n) is 6.07. The van der Waals surface area contributed by atoms with Crippen LogP contribution in [0.1, 0.15) is 38.7 Å². The number of rotatable bonds is 7. The molecule has 1 aromatic heterocycles.